The number of amides is 3. The molecule has 1 heterocycles. The van der Waals surface area contributed by atoms with Gasteiger partial charge in [-0.05, 0) is 55.3 Å². The number of benzene rings is 2. The van der Waals surface area contributed by atoms with Crippen LogP contribution in [0.25, 0.3) is 0 Å². The van der Waals surface area contributed by atoms with Crippen molar-refractivity contribution in [1.82, 2.24) is 5.32 Å². The standard InChI is InChI=1S/C19H22N4O3/c20-14-4-1-3-13(11-14)18(24)22-15-6-8-16(9-7-15)23-19(25)21-12-17-5-2-10-26-17/h1,3-4,6-9,11,17H,2,5,10,12,20H2,(H,22,24)(H2,21,23,25). The number of hydrogen-bond donors (Lipinski definition) is 4. The summed E-state index contributed by atoms with van der Waals surface area (Å²) in [6.07, 6.45) is 2.11. The van der Waals surface area contributed by atoms with E-state index in [1.807, 2.05) is 0 Å². The zero-order valence-electron chi connectivity index (χ0n) is 14.3. The quantitative estimate of drug-likeness (QED) is 0.620. The van der Waals surface area contributed by atoms with E-state index < -0.39 is 0 Å². The lowest BCUT2D eigenvalue weighted by Crippen LogP contribution is -2.35. The Kier molecular flexibility index (Phi) is 5.70. The highest BCUT2D eigenvalue weighted by Gasteiger charge is 2.16. The van der Waals surface area contributed by atoms with E-state index in [4.69, 9.17) is 10.5 Å². The molecule has 5 N–H and O–H groups in total. The number of carbonyl (C=O) groups excluding carboxylic acids is 2. The highest BCUT2D eigenvalue weighted by Crippen LogP contribution is 2.16. The smallest absolute Gasteiger partial charge is 0.319 e. The Labute approximate surface area is 151 Å². The van der Waals surface area contributed by atoms with Gasteiger partial charge in [-0.15, -0.1) is 0 Å². The van der Waals surface area contributed by atoms with Gasteiger partial charge >= 0.3 is 6.03 Å². The van der Waals surface area contributed by atoms with Crippen LogP contribution in [0, 0.1) is 0 Å². The van der Waals surface area contributed by atoms with Crippen LogP contribution in [-0.4, -0.2) is 31.2 Å². The Morgan fingerprint density at radius 1 is 1.08 bits per heavy atom. The van der Waals surface area contributed by atoms with Crippen LogP contribution in [0.3, 0.4) is 0 Å². The van der Waals surface area contributed by atoms with Crippen molar-refractivity contribution in [2.75, 3.05) is 29.5 Å². The summed E-state index contributed by atoms with van der Waals surface area (Å²) < 4.78 is 5.46. The number of carbonyl (C=O) groups is 2. The third-order valence-corrected chi connectivity index (χ3v) is 4.06. The van der Waals surface area contributed by atoms with E-state index in [1.165, 1.54) is 0 Å². The first kappa shape index (κ1) is 17.8. The average molecular weight is 354 g/mol. The minimum atomic E-state index is -0.281. The minimum absolute atomic E-state index is 0.102. The fourth-order valence-electron chi connectivity index (χ4n) is 2.71. The van der Waals surface area contributed by atoms with Crippen LogP contribution >= 0.6 is 0 Å². The summed E-state index contributed by atoms with van der Waals surface area (Å²) in [4.78, 5) is 24.1. The molecular formula is C19H22N4O3. The number of anilines is 3. The van der Waals surface area contributed by atoms with Crippen LogP contribution in [0.15, 0.2) is 48.5 Å². The summed E-state index contributed by atoms with van der Waals surface area (Å²) in [6, 6.07) is 13.4. The molecule has 0 bridgehead atoms. The maximum Gasteiger partial charge on any atom is 0.319 e. The highest BCUT2D eigenvalue weighted by molar-refractivity contribution is 6.04. The fraction of sp³-hybridized carbons (Fsp3) is 0.263. The number of rotatable bonds is 5. The SMILES string of the molecule is Nc1cccc(C(=O)Nc2ccc(NC(=O)NCC3CCCO3)cc2)c1. The molecule has 3 rings (SSSR count). The lowest BCUT2D eigenvalue weighted by atomic mass is 10.2. The molecule has 2 aromatic carbocycles. The predicted octanol–water partition coefficient (Wildman–Crippen LogP) is 2.82. The van der Waals surface area contributed by atoms with E-state index in [0.29, 0.717) is 29.2 Å². The number of nitrogens with one attached hydrogen (secondary N) is 3. The van der Waals surface area contributed by atoms with E-state index in [2.05, 4.69) is 16.0 Å². The molecule has 1 fully saturated rings. The Bertz CT molecular complexity index is 771. The van der Waals surface area contributed by atoms with E-state index in [-0.39, 0.29) is 18.0 Å². The topological polar surface area (TPSA) is 105 Å². The lowest BCUT2D eigenvalue weighted by Gasteiger charge is -2.12. The highest BCUT2D eigenvalue weighted by atomic mass is 16.5. The molecule has 1 unspecified atom stereocenters. The molecule has 0 saturated carbocycles. The second-order valence-electron chi connectivity index (χ2n) is 6.13. The van der Waals surface area contributed by atoms with Crippen LogP contribution < -0.4 is 21.7 Å². The van der Waals surface area contributed by atoms with Gasteiger partial charge in [-0.2, -0.15) is 0 Å². The average Bonchev–Trinajstić information content (AvgIpc) is 3.15. The normalized spacial score (nSPS) is 16.1. The Balaban J connectivity index is 1.49. The first-order valence-electron chi connectivity index (χ1n) is 8.53. The molecule has 7 heteroatoms. The minimum Gasteiger partial charge on any atom is -0.399 e. The van der Waals surface area contributed by atoms with Crippen molar-refractivity contribution in [2.45, 2.75) is 18.9 Å². The van der Waals surface area contributed by atoms with Gasteiger partial charge in [0.25, 0.3) is 5.91 Å². The van der Waals surface area contributed by atoms with Gasteiger partial charge < -0.3 is 26.4 Å². The third-order valence-electron chi connectivity index (χ3n) is 4.06. The van der Waals surface area contributed by atoms with Crippen molar-refractivity contribution in [2.24, 2.45) is 0 Å². The second kappa shape index (κ2) is 8.35. The molecular weight excluding hydrogens is 332 g/mol. The van der Waals surface area contributed by atoms with Crippen molar-refractivity contribution in [3.63, 3.8) is 0 Å². The summed E-state index contributed by atoms with van der Waals surface area (Å²) in [7, 11) is 0. The van der Waals surface area contributed by atoms with E-state index in [1.54, 1.807) is 48.5 Å². The largest absolute Gasteiger partial charge is 0.399 e. The molecule has 1 aliphatic rings. The maximum absolute atomic E-state index is 12.2. The number of nitrogens with two attached hydrogens (primary N) is 1. The predicted molar refractivity (Wildman–Crippen MR) is 101 cm³/mol. The van der Waals surface area contributed by atoms with Crippen LogP contribution in [0.4, 0.5) is 21.9 Å². The monoisotopic (exact) mass is 354 g/mol. The molecule has 1 saturated heterocycles. The zero-order chi connectivity index (χ0) is 18.4. The van der Waals surface area contributed by atoms with E-state index >= 15 is 0 Å². The van der Waals surface area contributed by atoms with Gasteiger partial charge in [0.15, 0.2) is 0 Å². The van der Waals surface area contributed by atoms with Gasteiger partial charge in [0.1, 0.15) is 0 Å². The summed E-state index contributed by atoms with van der Waals surface area (Å²) in [5.74, 6) is -0.243. The van der Waals surface area contributed by atoms with E-state index in [9.17, 15) is 9.59 Å². The van der Waals surface area contributed by atoms with Crippen molar-refractivity contribution < 1.29 is 14.3 Å². The Morgan fingerprint density at radius 2 is 1.81 bits per heavy atom. The fourth-order valence-corrected chi connectivity index (χ4v) is 2.71. The maximum atomic E-state index is 12.2. The van der Waals surface area contributed by atoms with Crippen LogP contribution in [-0.2, 0) is 4.74 Å². The molecule has 7 nitrogen and oxygen atoms in total. The number of hydrogen-bond acceptors (Lipinski definition) is 4. The summed E-state index contributed by atoms with van der Waals surface area (Å²) in [6.45, 7) is 1.26. The molecule has 0 aliphatic carbocycles. The van der Waals surface area contributed by atoms with Gasteiger partial charge in [-0.3, -0.25) is 4.79 Å². The van der Waals surface area contributed by atoms with Gasteiger partial charge in [0, 0.05) is 35.8 Å². The van der Waals surface area contributed by atoms with Crippen LogP contribution in [0.2, 0.25) is 0 Å². The van der Waals surface area contributed by atoms with Crippen molar-refractivity contribution in [3.05, 3.63) is 54.1 Å². The van der Waals surface area contributed by atoms with Crippen molar-refractivity contribution in [1.29, 1.82) is 0 Å². The van der Waals surface area contributed by atoms with Crippen molar-refractivity contribution in [3.8, 4) is 0 Å². The number of urea groups is 1. The van der Waals surface area contributed by atoms with Gasteiger partial charge in [-0.25, -0.2) is 4.79 Å². The molecule has 0 aromatic heterocycles. The molecule has 0 radical (unpaired) electrons. The molecule has 0 spiro atoms. The second-order valence-corrected chi connectivity index (χ2v) is 6.13. The lowest BCUT2D eigenvalue weighted by molar-refractivity contribution is 0.102. The Hall–Kier alpha value is -3.06. The zero-order valence-corrected chi connectivity index (χ0v) is 14.3. The summed E-state index contributed by atoms with van der Waals surface area (Å²) >= 11 is 0. The summed E-state index contributed by atoms with van der Waals surface area (Å²) in [5, 5.41) is 8.33. The van der Waals surface area contributed by atoms with Gasteiger partial charge in [0.2, 0.25) is 0 Å². The van der Waals surface area contributed by atoms with Gasteiger partial charge in [-0.1, -0.05) is 6.07 Å². The molecule has 136 valence electrons. The molecule has 2 aromatic rings. The molecule has 26 heavy (non-hydrogen) atoms. The first-order chi connectivity index (χ1) is 12.6. The number of ether oxygens (including phenoxy) is 1. The van der Waals surface area contributed by atoms with Gasteiger partial charge in [0.05, 0.1) is 6.10 Å². The van der Waals surface area contributed by atoms with Crippen LogP contribution in [0.5, 0.6) is 0 Å². The summed E-state index contributed by atoms with van der Waals surface area (Å²) in [5.41, 5.74) is 7.97. The van der Waals surface area contributed by atoms with Crippen molar-refractivity contribution >= 4 is 29.0 Å². The van der Waals surface area contributed by atoms with Crippen LogP contribution in [0.1, 0.15) is 23.2 Å². The first-order valence-corrected chi connectivity index (χ1v) is 8.53. The third kappa shape index (κ3) is 4.97. The number of nitrogen functional groups attached to an aromatic ring is 1. The Morgan fingerprint density at radius 3 is 2.46 bits per heavy atom. The molecule has 1 aliphatic heterocycles. The van der Waals surface area contributed by atoms with E-state index in [0.717, 1.165) is 19.4 Å². The molecule has 1 atom stereocenters. The molecule has 3 amide bonds.